The maximum atomic E-state index is 5.40. The first kappa shape index (κ1) is 15.7. The number of nitrogen functional groups attached to an aromatic ring is 1. The van der Waals surface area contributed by atoms with Gasteiger partial charge in [-0.2, -0.15) is 0 Å². The molecule has 4 N–H and O–H groups in total. The number of aryl methyl sites for hydroxylation is 1. The number of anilines is 2. The van der Waals surface area contributed by atoms with Gasteiger partial charge in [-0.3, -0.25) is 0 Å². The number of rotatable bonds is 10. The Balaban J connectivity index is 2.28. The third-order valence-electron chi connectivity index (χ3n) is 3.07. The lowest BCUT2D eigenvalue weighted by atomic mass is 10.1. The summed E-state index contributed by atoms with van der Waals surface area (Å²) in [7, 11) is 0. The number of hydrazine groups is 1. The number of nitrogens with two attached hydrogens (primary N) is 1. The topological polar surface area (TPSA) is 75.9 Å². The number of unbranched alkanes of at least 4 members (excludes halogenated alkanes) is 5. The summed E-state index contributed by atoms with van der Waals surface area (Å²) in [5.41, 5.74) is 2.58. The van der Waals surface area contributed by atoms with Crippen LogP contribution >= 0.6 is 0 Å². The fourth-order valence-electron chi connectivity index (χ4n) is 1.94. The summed E-state index contributed by atoms with van der Waals surface area (Å²) in [6.45, 7) is 5.23. The standard InChI is InChI=1S/C14H27N5/c1-3-5-6-7-8-9-10-16-13-11-14(19-15)18-12(4-2)17-13/h11H,3-10,15H2,1-2H3,(H2,16,17,18,19). The first-order valence-corrected chi connectivity index (χ1v) is 7.38. The van der Waals surface area contributed by atoms with E-state index in [-0.39, 0.29) is 0 Å². The van der Waals surface area contributed by atoms with Crippen LogP contribution in [0.4, 0.5) is 11.6 Å². The largest absolute Gasteiger partial charge is 0.370 e. The molecule has 108 valence electrons. The van der Waals surface area contributed by atoms with Crippen LogP contribution in [0.2, 0.25) is 0 Å². The zero-order valence-electron chi connectivity index (χ0n) is 12.2. The number of aromatic nitrogens is 2. The highest BCUT2D eigenvalue weighted by Crippen LogP contribution is 2.11. The lowest BCUT2D eigenvalue weighted by molar-refractivity contribution is 0.616. The van der Waals surface area contributed by atoms with Crippen LogP contribution in [0.3, 0.4) is 0 Å². The molecule has 0 radical (unpaired) electrons. The van der Waals surface area contributed by atoms with Gasteiger partial charge in [-0.15, -0.1) is 0 Å². The van der Waals surface area contributed by atoms with E-state index in [1.807, 2.05) is 13.0 Å². The third kappa shape index (κ3) is 6.38. The number of hydrogen-bond donors (Lipinski definition) is 3. The van der Waals surface area contributed by atoms with E-state index in [2.05, 4.69) is 27.6 Å². The molecule has 5 nitrogen and oxygen atoms in total. The van der Waals surface area contributed by atoms with Crippen molar-refractivity contribution < 1.29 is 0 Å². The minimum atomic E-state index is 0.664. The van der Waals surface area contributed by atoms with Gasteiger partial charge in [0.2, 0.25) is 0 Å². The number of hydrogen-bond acceptors (Lipinski definition) is 5. The van der Waals surface area contributed by atoms with Gasteiger partial charge in [0.25, 0.3) is 0 Å². The average molecular weight is 265 g/mol. The van der Waals surface area contributed by atoms with Crippen LogP contribution in [0.5, 0.6) is 0 Å². The Morgan fingerprint density at radius 1 is 1.00 bits per heavy atom. The second kappa shape index (κ2) is 9.55. The van der Waals surface area contributed by atoms with Crippen molar-refractivity contribution in [2.45, 2.75) is 58.8 Å². The lowest BCUT2D eigenvalue weighted by Gasteiger charge is -2.09. The fraction of sp³-hybridized carbons (Fsp3) is 0.714. The van der Waals surface area contributed by atoms with Crippen molar-refractivity contribution in [3.05, 3.63) is 11.9 Å². The van der Waals surface area contributed by atoms with E-state index in [0.717, 1.165) is 24.6 Å². The predicted molar refractivity (Wildman–Crippen MR) is 81.1 cm³/mol. The van der Waals surface area contributed by atoms with E-state index in [1.165, 1.54) is 38.5 Å². The van der Waals surface area contributed by atoms with Gasteiger partial charge < -0.3 is 10.7 Å². The van der Waals surface area contributed by atoms with Crippen LogP contribution in [0.15, 0.2) is 6.07 Å². The first-order valence-electron chi connectivity index (χ1n) is 7.38. The summed E-state index contributed by atoms with van der Waals surface area (Å²) in [6, 6.07) is 1.84. The molecule has 0 aliphatic carbocycles. The van der Waals surface area contributed by atoms with E-state index in [1.54, 1.807) is 0 Å². The molecule has 1 aromatic rings. The average Bonchev–Trinajstić information content (AvgIpc) is 2.45. The maximum absolute atomic E-state index is 5.40. The number of nitrogens with zero attached hydrogens (tertiary/aromatic N) is 2. The van der Waals surface area contributed by atoms with Crippen molar-refractivity contribution in [2.75, 3.05) is 17.3 Å². The normalized spacial score (nSPS) is 10.5. The Hall–Kier alpha value is -1.36. The summed E-state index contributed by atoms with van der Waals surface area (Å²) in [6.07, 6.45) is 8.60. The zero-order valence-corrected chi connectivity index (χ0v) is 12.2. The summed E-state index contributed by atoms with van der Waals surface area (Å²) in [4.78, 5) is 8.69. The van der Waals surface area contributed by atoms with Gasteiger partial charge in [0.15, 0.2) is 0 Å². The molecule has 0 saturated heterocycles. The molecule has 0 aromatic carbocycles. The molecular weight excluding hydrogens is 238 g/mol. The summed E-state index contributed by atoms with van der Waals surface area (Å²) < 4.78 is 0. The van der Waals surface area contributed by atoms with E-state index in [9.17, 15) is 0 Å². The smallest absolute Gasteiger partial charge is 0.145 e. The van der Waals surface area contributed by atoms with Gasteiger partial charge in [-0.1, -0.05) is 46.0 Å². The summed E-state index contributed by atoms with van der Waals surface area (Å²) in [5, 5.41) is 3.34. The second-order valence-corrected chi connectivity index (χ2v) is 4.75. The predicted octanol–water partition coefficient (Wildman–Crippen LogP) is 3.10. The van der Waals surface area contributed by atoms with Crippen molar-refractivity contribution in [1.82, 2.24) is 9.97 Å². The molecule has 0 aliphatic heterocycles. The van der Waals surface area contributed by atoms with Crippen LogP contribution in [-0.4, -0.2) is 16.5 Å². The SMILES string of the molecule is CCCCCCCCNc1cc(NN)nc(CC)n1. The molecule has 0 amide bonds. The molecule has 0 aliphatic rings. The molecular formula is C14H27N5. The molecule has 1 rings (SSSR count). The van der Waals surface area contributed by atoms with Crippen molar-refractivity contribution >= 4 is 11.6 Å². The van der Waals surface area contributed by atoms with E-state index in [4.69, 9.17) is 5.84 Å². The Labute approximate surface area is 116 Å². The van der Waals surface area contributed by atoms with Crippen LogP contribution in [0, 0.1) is 0 Å². The Kier molecular flexibility index (Phi) is 7.89. The monoisotopic (exact) mass is 265 g/mol. The number of nitrogens with one attached hydrogen (secondary N) is 2. The molecule has 5 heteroatoms. The van der Waals surface area contributed by atoms with Crippen LogP contribution < -0.4 is 16.6 Å². The molecule has 0 atom stereocenters. The molecule has 0 bridgehead atoms. The lowest BCUT2D eigenvalue weighted by Crippen LogP contribution is -2.12. The molecule has 0 saturated carbocycles. The Morgan fingerprint density at radius 2 is 1.68 bits per heavy atom. The molecule has 0 fully saturated rings. The van der Waals surface area contributed by atoms with Crippen molar-refractivity contribution in [2.24, 2.45) is 5.84 Å². The van der Waals surface area contributed by atoms with Gasteiger partial charge in [-0.05, 0) is 6.42 Å². The highest BCUT2D eigenvalue weighted by molar-refractivity contribution is 5.46. The van der Waals surface area contributed by atoms with Gasteiger partial charge in [0.05, 0.1) is 0 Å². The zero-order chi connectivity index (χ0) is 13.9. The minimum absolute atomic E-state index is 0.664. The van der Waals surface area contributed by atoms with Crippen molar-refractivity contribution in [3.63, 3.8) is 0 Å². The van der Waals surface area contributed by atoms with Gasteiger partial charge in [0.1, 0.15) is 17.5 Å². The molecule has 0 unspecified atom stereocenters. The quantitative estimate of drug-likeness (QED) is 0.344. The Bertz CT molecular complexity index is 331. The van der Waals surface area contributed by atoms with Gasteiger partial charge in [-0.25, -0.2) is 15.8 Å². The molecule has 19 heavy (non-hydrogen) atoms. The summed E-state index contributed by atoms with van der Waals surface area (Å²) >= 11 is 0. The van der Waals surface area contributed by atoms with E-state index >= 15 is 0 Å². The maximum Gasteiger partial charge on any atom is 0.145 e. The fourth-order valence-corrected chi connectivity index (χ4v) is 1.94. The van der Waals surface area contributed by atoms with Gasteiger partial charge in [0, 0.05) is 19.0 Å². The van der Waals surface area contributed by atoms with Crippen molar-refractivity contribution in [3.8, 4) is 0 Å². The minimum Gasteiger partial charge on any atom is -0.370 e. The van der Waals surface area contributed by atoms with Crippen LogP contribution in [-0.2, 0) is 6.42 Å². The van der Waals surface area contributed by atoms with E-state index in [0.29, 0.717) is 5.82 Å². The highest BCUT2D eigenvalue weighted by atomic mass is 15.3. The Morgan fingerprint density at radius 3 is 2.37 bits per heavy atom. The second-order valence-electron chi connectivity index (χ2n) is 4.75. The van der Waals surface area contributed by atoms with Crippen LogP contribution in [0.25, 0.3) is 0 Å². The summed E-state index contributed by atoms with van der Waals surface area (Å²) in [5.74, 6) is 7.72. The third-order valence-corrected chi connectivity index (χ3v) is 3.07. The highest BCUT2D eigenvalue weighted by Gasteiger charge is 2.01. The first-order chi connectivity index (χ1) is 9.30. The van der Waals surface area contributed by atoms with E-state index < -0.39 is 0 Å². The van der Waals surface area contributed by atoms with Crippen molar-refractivity contribution in [1.29, 1.82) is 0 Å². The van der Waals surface area contributed by atoms with Gasteiger partial charge >= 0.3 is 0 Å². The molecule has 0 spiro atoms. The van der Waals surface area contributed by atoms with Crippen LogP contribution in [0.1, 0.15) is 58.2 Å². The molecule has 1 aromatic heterocycles. The molecule has 1 heterocycles.